The summed E-state index contributed by atoms with van der Waals surface area (Å²) in [6.45, 7) is 4.24. The molecule has 1 saturated heterocycles. The normalized spacial score (nSPS) is 21.4. The molecule has 0 N–H and O–H groups in total. The van der Waals surface area contributed by atoms with E-state index < -0.39 is 15.3 Å². The van der Waals surface area contributed by atoms with Crippen molar-refractivity contribution in [3.63, 3.8) is 0 Å². The molecule has 0 amide bonds. The minimum atomic E-state index is -3.19. The van der Waals surface area contributed by atoms with Gasteiger partial charge in [-0.25, -0.2) is 18.4 Å². The average molecular weight is 271 g/mol. The van der Waals surface area contributed by atoms with Gasteiger partial charge in [0.15, 0.2) is 0 Å². The predicted molar refractivity (Wildman–Crippen MR) is 66.7 cm³/mol. The first-order valence-electron chi connectivity index (χ1n) is 5.93. The van der Waals surface area contributed by atoms with Gasteiger partial charge in [0.1, 0.15) is 6.10 Å². The van der Waals surface area contributed by atoms with Gasteiger partial charge in [0.25, 0.3) is 0 Å². The molecule has 1 atom stereocenters. The molecule has 0 radical (unpaired) electrons. The van der Waals surface area contributed by atoms with Crippen LogP contribution in [-0.4, -0.2) is 47.1 Å². The van der Waals surface area contributed by atoms with Gasteiger partial charge in [-0.1, -0.05) is 0 Å². The Bertz CT molecular complexity index is 490. The number of nitrogens with zero attached hydrogens (tertiary/aromatic N) is 3. The molecule has 0 aromatic carbocycles. The third kappa shape index (κ3) is 2.78. The molecule has 7 heteroatoms. The van der Waals surface area contributed by atoms with Gasteiger partial charge in [-0.15, -0.1) is 0 Å². The largest absolute Gasteiger partial charge is 0.459 e. The second-order valence-electron chi connectivity index (χ2n) is 4.51. The van der Waals surface area contributed by atoms with E-state index in [0.717, 1.165) is 0 Å². The third-order valence-corrected chi connectivity index (χ3v) is 5.12. The van der Waals surface area contributed by atoms with E-state index in [1.165, 1.54) is 4.31 Å². The summed E-state index contributed by atoms with van der Waals surface area (Å²) in [5, 5.41) is -0.399. The fourth-order valence-corrected chi connectivity index (χ4v) is 3.15. The Morgan fingerprint density at radius 1 is 1.39 bits per heavy atom. The highest BCUT2D eigenvalue weighted by atomic mass is 32.2. The Morgan fingerprint density at radius 2 is 2.06 bits per heavy atom. The molecule has 1 aliphatic rings. The fourth-order valence-electron chi connectivity index (χ4n) is 1.82. The number of hydrogen-bond acceptors (Lipinski definition) is 5. The monoisotopic (exact) mass is 271 g/mol. The first-order valence-corrected chi connectivity index (χ1v) is 7.43. The molecule has 6 nitrogen and oxygen atoms in total. The Labute approximate surface area is 107 Å². The summed E-state index contributed by atoms with van der Waals surface area (Å²) < 4.78 is 31.0. The van der Waals surface area contributed by atoms with Crippen molar-refractivity contribution in [1.82, 2.24) is 14.3 Å². The number of sulfonamides is 1. The molecule has 2 heterocycles. The van der Waals surface area contributed by atoms with Gasteiger partial charge in [-0.2, -0.15) is 4.31 Å². The maximum Gasteiger partial charge on any atom is 0.316 e. The lowest BCUT2D eigenvalue weighted by molar-refractivity contribution is 0.197. The SMILES string of the molecule is CC(C)S(=O)(=O)N1CC[C@@H](Oc2ncccn2)C1. The zero-order chi connectivity index (χ0) is 13.2. The Kier molecular flexibility index (Phi) is 3.82. The Morgan fingerprint density at radius 3 is 2.67 bits per heavy atom. The van der Waals surface area contributed by atoms with Crippen LogP contribution in [0.3, 0.4) is 0 Å². The lowest BCUT2D eigenvalue weighted by Gasteiger charge is -2.18. The van der Waals surface area contributed by atoms with Crippen molar-refractivity contribution in [2.45, 2.75) is 31.6 Å². The quantitative estimate of drug-likeness (QED) is 0.804. The minimum Gasteiger partial charge on any atom is -0.459 e. The van der Waals surface area contributed by atoms with Crippen LogP contribution in [0.25, 0.3) is 0 Å². The fraction of sp³-hybridized carbons (Fsp3) is 0.636. The molecule has 0 spiro atoms. The first kappa shape index (κ1) is 13.2. The van der Waals surface area contributed by atoms with Crippen LogP contribution in [0, 0.1) is 0 Å². The summed E-state index contributed by atoms with van der Waals surface area (Å²) in [4.78, 5) is 7.93. The van der Waals surface area contributed by atoms with Gasteiger partial charge in [-0.05, 0) is 26.3 Å². The van der Waals surface area contributed by atoms with E-state index in [2.05, 4.69) is 9.97 Å². The highest BCUT2D eigenvalue weighted by Gasteiger charge is 2.34. The molecule has 0 unspecified atom stereocenters. The van der Waals surface area contributed by atoms with E-state index in [1.807, 2.05) is 0 Å². The molecule has 0 saturated carbocycles. The van der Waals surface area contributed by atoms with Crippen molar-refractivity contribution in [1.29, 1.82) is 0 Å². The lowest BCUT2D eigenvalue weighted by Crippen LogP contribution is -2.35. The van der Waals surface area contributed by atoms with Crippen LogP contribution in [0.1, 0.15) is 20.3 Å². The number of hydrogen-bond donors (Lipinski definition) is 0. The predicted octanol–water partition coefficient (Wildman–Crippen LogP) is 0.668. The lowest BCUT2D eigenvalue weighted by atomic mass is 10.3. The summed E-state index contributed by atoms with van der Waals surface area (Å²) in [7, 11) is -3.19. The van der Waals surface area contributed by atoms with Crippen LogP contribution in [-0.2, 0) is 10.0 Å². The van der Waals surface area contributed by atoms with Gasteiger partial charge >= 0.3 is 6.01 Å². The molecule has 1 fully saturated rings. The van der Waals surface area contributed by atoms with Gasteiger partial charge < -0.3 is 4.74 Å². The molecule has 1 aromatic rings. The van der Waals surface area contributed by atoms with Crippen molar-refractivity contribution in [2.24, 2.45) is 0 Å². The van der Waals surface area contributed by atoms with E-state index in [-0.39, 0.29) is 6.10 Å². The maximum atomic E-state index is 12.0. The van der Waals surface area contributed by atoms with Gasteiger partial charge in [0.05, 0.1) is 11.8 Å². The molecular weight excluding hydrogens is 254 g/mol. The second-order valence-corrected chi connectivity index (χ2v) is 7.00. The molecule has 0 aliphatic carbocycles. The summed E-state index contributed by atoms with van der Waals surface area (Å²) in [5.74, 6) is 0. The highest BCUT2D eigenvalue weighted by Crippen LogP contribution is 2.19. The maximum absolute atomic E-state index is 12.0. The Hall–Kier alpha value is -1.21. The average Bonchev–Trinajstić information content (AvgIpc) is 2.79. The molecule has 0 bridgehead atoms. The second kappa shape index (κ2) is 5.19. The summed E-state index contributed by atoms with van der Waals surface area (Å²) >= 11 is 0. The molecule has 1 aliphatic heterocycles. The van der Waals surface area contributed by atoms with Crippen LogP contribution in [0.15, 0.2) is 18.5 Å². The van der Waals surface area contributed by atoms with Crippen LogP contribution < -0.4 is 4.74 Å². The third-order valence-electron chi connectivity index (χ3n) is 2.88. The number of ether oxygens (including phenoxy) is 1. The first-order chi connectivity index (χ1) is 8.50. The van der Waals surface area contributed by atoms with Crippen molar-refractivity contribution >= 4 is 10.0 Å². The Balaban J connectivity index is 1.97. The molecule has 18 heavy (non-hydrogen) atoms. The van der Waals surface area contributed by atoms with Crippen LogP contribution in [0.5, 0.6) is 6.01 Å². The summed E-state index contributed by atoms with van der Waals surface area (Å²) in [6.07, 6.45) is 3.70. The van der Waals surface area contributed by atoms with Crippen molar-refractivity contribution in [3.8, 4) is 6.01 Å². The van der Waals surface area contributed by atoms with E-state index in [1.54, 1.807) is 32.3 Å². The minimum absolute atomic E-state index is 0.166. The zero-order valence-electron chi connectivity index (χ0n) is 10.5. The molecule has 2 rings (SSSR count). The topological polar surface area (TPSA) is 72.4 Å². The van der Waals surface area contributed by atoms with E-state index in [9.17, 15) is 8.42 Å². The van der Waals surface area contributed by atoms with Crippen LogP contribution >= 0.6 is 0 Å². The van der Waals surface area contributed by atoms with Crippen molar-refractivity contribution in [3.05, 3.63) is 18.5 Å². The van der Waals surface area contributed by atoms with E-state index >= 15 is 0 Å². The molecule has 1 aromatic heterocycles. The van der Waals surface area contributed by atoms with Crippen molar-refractivity contribution in [2.75, 3.05) is 13.1 Å². The van der Waals surface area contributed by atoms with Gasteiger partial charge in [0, 0.05) is 18.9 Å². The van der Waals surface area contributed by atoms with Crippen LogP contribution in [0.4, 0.5) is 0 Å². The van der Waals surface area contributed by atoms with Gasteiger partial charge in [-0.3, -0.25) is 0 Å². The van der Waals surface area contributed by atoms with Gasteiger partial charge in [0.2, 0.25) is 10.0 Å². The smallest absolute Gasteiger partial charge is 0.316 e. The van der Waals surface area contributed by atoms with E-state index in [4.69, 9.17) is 4.74 Å². The molecule has 100 valence electrons. The highest BCUT2D eigenvalue weighted by molar-refractivity contribution is 7.89. The van der Waals surface area contributed by atoms with Crippen LogP contribution in [0.2, 0.25) is 0 Å². The molecular formula is C11H17N3O3S. The van der Waals surface area contributed by atoms with Crippen molar-refractivity contribution < 1.29 is 13.2 Å². The summed E-state index contributed by atoms with van der Waals surface area (Å²) in [6, 6.07) is 2.00. The number of rotatable bonds is 4. The van der Waals surface area contributed by atoms with E-state index in [0.29, 0.717) is 25.5 Å². The number of aromatic nitrogens is 2. The standard InChI is InChI=1S/C11H17N3O3S/c1-9(2)18(15,16)14-7-4-10(8-14)17-11-12-5-3-6-13-11/h3,5-6,9-10H,4,7-8H2,1-2H3/t10-/m1/s1. The summed E-state index contributed by atoms with van der Waals surface area (Å²) in [5.41, 5.74) is 0. The zero-order valence-corrected chi connectivity index (χ0v) is 11.3.